The predicted molar refractivity (Wildman–Crippen MR) is 130 cm³/mol. The summed E-state index contributed by atoms with van der Waals surface area (Å²) in [6.45, 7) is 6.49. The van der Waals surface area contributed by atoms with E-state index in [9.17, 15) is 9.59 Å². The van der Waals surface area contributed by atoms with Gasteiger partial charge in [0.15, 0.2) is 0 Å². The van der Waals surface area contributed by atoms with Crippen molar-refractivity contribution in [2.24, 2.45) is 0 Å². The van der Waals surface area contributed by atoms with E-state index >= 15 is 0 Å². The molecule has 1 heterocycles. The van der Waals surface area contributed by atoms with Gasteiger partial charge in [-0.3, -0.25) is 9.59 Å². The molecule has 0 saturated carbocycles. The number of imide groups is 1. The Morgan fingerprint density at radius 3 is 2.27 bits per heavy atom. The molecule has 0 atom stereocenters. The van der Waals surface area contributed by atoms with Crippen molar-refractivity contribution < 1.29 is 19.1 Å². The summed E-state index contributed by atoms with van der Waals surface area (Å²) in [5, 5.41) is 3.21. The molecule has 0 bridgehead atoms. The number of carbonyl (C=O) groups excluding carboxylic acids is 2. The van der Waals surface area contributed by atoms with Crippen LogP contribution >= 0.6 is 0 Å². The summed E-state index contributed by atoms with van der Waals surface area (Å²) in [5.41, 5.74) is 4.60. The molecule has 1 N–H and O–H groups in total. The summed E-state index contributed by atoms with van der Waals surface area (Å²) in [6.07, 6.45) is 0. The summed E-state index contributed by atoms with van der Waals surface area (Å²) in [5.74, 6) is 0.442. The van der Waals surface area contributed by atoms with E-state index in [4.69, 9.17) is 9.47 Å². The third kappa shape index (κ3) is 4.32. The summed E-state index contributed by atoms with van der Waals surface area (Å²) in [6, 6.07) is 19.9. The van der Waals surface area contributed by atoms with Crippen LogP contribution in [-0.2, 0) is 9.59 Å². The van der Waals surface area contributed by atoms with Crippen LogP contribution in [0.5, 0.6) is 11.5 Å². The molecule has 3 aromatic rings. The van der Waals surface area contributed by atoms with Crippen LogP contribution in [0.15, 0.2) is 72.4 Å². The van der Waals surface area contributed by atoms with Crippen LogP contribution < -0.4 is 19.7 Å². The Kier molecular flexibility index (Phi) is 6.18. The van der Waals surface area contributed by atoms with Gasteiger partial charge in [-0.05, 0) is 73.9 Å². The number of nitrogens with zero attached hydrogens (tertiary/aromatic N) is 1. The highest BCUT2D eigenvalue weighted by molar-refractivity contribution is 6.46. The number of hydrogen-bond acceptors (Lipinski definition) is 5. The lowest BCUT2D eigenvalue weighted by molar-refractivity contribution is -0.120. The Morgan fingerprint density at radius 2 is 1.61 bits per heavy atom. The van der Waals surface area contributed by atoms with E-state index in [1.54, 1.807) is 55.6 Å². The molecular formula is C27H26N2O4. The maximum Gasteiger partial charge on any atom is 0.282 e. The maximum absolute atomic E-state index is 13.6. The van der Waals surface area contributed by atoms with Gasteiger partial charge in [0.2, 0.25) is 0 Å². The molecule has 6 nitrogen and oxygen atoms in total. The van der Waals surface area contributed by atoms with Gasteiger partial charge in [-0.25, -0.2) is 4.90 Å². The van der Waals surface area contributed by atoms with Gasteiger partial charge in [0.25, 0.3) is 11.8 Å². The van der Waals surface area contributed by atoms with Crippen LogP contribution in [0.1, 0.15) is 23.6 Å². The molecule has 0 unspecified atom stereocenters. The number of rotatable bonds is 7. The smallest absolute Gasteiger partial charge is 0.282 e. The van der Waals surface area contributed by atoms with Gasteiger partial charge in [0.05, 0.1) is 25.0 Å². The van der Waals surface area contributed by atoms with Crippen LogP contribution in [0.4, 0.5) is 11.4 Å². The molecule has 1 aliphatic rings. The fraction of sp³-hybridized carbons (Fsp3) is 0.185. The fourth-order valence-electron chi connectivity index (χ4n) is 3.75. The first-order valence-electron chi connectivity index (χ1n) is 10.8. The quantitative estimate of drug-likeness (QED) is 0.515. The molecule has 0 spiro atoms. The average molecular weight is 443 g/mol. The topological polar surface area (TPSA) is 67.9 Å². The van der Waals surface area contributed by atoms with Gasteiger partial charge in [0, 0.05) is 11.8 Å². The lowest BCUT2D eigenvalue weighted by Gasteiger charge is -2.16. The minimum atomic E-state index is -0.421. The van der Waals surface area contributed by atoms with E-state index in [0.29, 0.717) is 34.9 Å². The highest BCUT2D eigenvalue weighted by Crippen LogP contribution is 2.35. The van der Waals surface area contributed by atoms with Crippen molar-refractivity contribution in [3.8, 4) is 11.5 Å². The molecule has 168 valence electrons. The van der Waals surface area contributed by atoms with E-state index in [2.05, 4.69) is 5.32 Å². The fourth-order valence-corrected chi connectivity index (χ4v) is 3.75. The molecule has 0 aromatic heterocycles. The number of aryl methyl sites for hydroxylation is 2. The highest BCUT2D eigenvalue weighted by atomic mass is 16.5. The zero-order valence-electron chi connectivity index (χ0n) is 19.1. The van der Waals surface area contributed by atoms with Gasteiger partial charge in [-0.15, -0.1) is 0 Å². The summed E-state index contributed by atoms with van der Waals surface area (Å²) >= 11 is 0. The molecule has 6 heteroatoms. The second-order valence-electron chi connectivity index (χ2n) is 7.78. The first kappa shape index (κ1) is 22.1. The van der Waals surface area contributed by atoms with Crippen molar-refractivity contribution in [2.45, 2.75) is 20.8 Å². The number of ether oxygens (including phenoxy) is 2. The third-order valence-corrected chi connectivity index (χ3v) is 5.63. The first-order chi connectivity index (χ1) is 15.9. The summed E-state index contributed by atoms with van der Waals surface area (Å²) in [7, 11) is 1.54. The molecule has 4 rings (SSSR count). The normalized spacial score (nSPS) is 13.5. The van der Waals surface area contributed by atoms with Crippen molar-refractivity contribution >= 4 is 28.8 Å². The highest BCUT2D eigenvalue weighted by Gasteiger charge is 2.40. The summed E-state index contributed by atoms with van der Waals surface area (Å²) in [4.78, 5) is 28.3. The standard InChI is InChI=1S/C27H26N2O4/c1-5-33-22-13-10-19(11-14-22)24-25(28-20-12-9-17(2)18(3)15-20)27(31)29(26(24)30)21-7-6-8-23(16-21)32-4/h6-16,28H,5H2,1-4H3. The van der Waals surface area contributed by atoms with Crippen LogP contribution in [0.3, 0.4) is 0 Å². The molecule has 1 aliphatic heterocycles. The number of methoxy groups -OCH3 is 1. The number of hydrogen-bond donors (Lipinski definition) is 1. The van der Waals surface area contributed by atoms with E-state index in [1.807, 2.05) is 39.0 Å². The number of amides is 2. The van der Waals surface area contributed by atoms with Gasteiger partial charge in [-0.2, -0.15) is 0 Å². The van der Waals surface area contributed by atoms with E-state index in [-0.39, 0.29) is 5.70 Å². The van der Waals surface area contributed by atoms with Gasteiger partial charge < -0.3 is 14.8 Å². The largest absolute Gasteiger partial charge is 0.497 e. The molecular weight excluding hydrogens is 416 g/mol. The Morgan fingerprint density at radius 1 is 0.848 bits per heavy atom. The number of anilines is 2. The zero-order chi connectivity index (χ0) is 23.5. The lowest BCUT2D eigenvalue weighted by atomic mass is 10.0. The van der Waals surface area contributed by atoms with Crippen molar-refractivity contribution in [1.29, 1.82) is 0 Å². The van der Waals surface area contributed by atoms with Crippen LogP contribution in [0.2, 0.25) is 0 Å². The van der Waals surface area contributed by atoms with E-state index < -0.39 is 11.8 Å². The third-order valence-electron chi connectivity index (χ3n) is 5.63. The Bertz CT molecular complexity index is 1250. The number of nitrogens with one attached hydrogen (secondary N) is 1. The van der Waals surface area contributed by atoms with Crippen molar-refractivity contribution in [3.63, 3.8) is 0 Å². The average Bonchev–Trinajstić information content (AvgIpc) is 3.06. The van der Waals surface area contributed by atoms with E-state index in [0.717, 1.165) is 16.8 Å². The van der Waals surface area contributed by atoms with E-state index in [1.165, 1.54) is 4.90 Å². The van der Waals surface area contributed by atoms with Crippen molar-refractivity contribution in [1.82, 2.24) is 0 Å². The Labute approximate surface area is 193 Å². The van der Waals surface area contributed by atoms with Crippen LogP contribution in [0.25, 0.3) is 5.57 Å². The minimum Gasteiger partial charge on any atom is -0.497 e. The van der Waals surface area contributed by atoms with Gasteiger partial charge in [-0.1, -0.05) is 24.3 Å². The minimum absolute atomic E-state index is 0.232. The molecule has 0 fully saturated rings. The number of benzene rings is 3. The lowest BCUT2D eigenvalue weighted by Crippen LogP contribution is -2.32. The molecule has 0 saturated heterocycles. The first-order valence-corrected chi connectivity index (χ1v) is 10.8. The maximum atomic E-state index is 13.6. The van der Waals surface area contributed by atoms with Crippen LogP contribution in [0, 0.1) is 13.8 Å². The van der Waals surface area contributed by atoms with Crippen LogP contribution in [-0.4, -0.2) is 25.5 Å². The zero-order valence-corrected chi connectivity index (χ0v) is 19.1. The second kappa shape index (κ2) is 9.20. The Hall–Kier alpha value is -4.06. The Balaban J connectivity index is 1.80. The monoisotopic (exact) mass is 442 g/mol. The van der Waals surface area contributed by atoms with Crippen molar-refractivity contribution in [2.75, 3.05) is 23.9 Å². The van der Waals surface area contributed by atoms with Gasteiger partial charge >= 0.3 is 0 Å². The van der Waals surface area contributed by atoms with Gasteiger partial charge in [0.1, 0.15) is 17.2 Å². The second-order valence-corrected chi connectivity index (χ2v) is 7.78. The summed E-state index contributed by atoms with van der Waals surface area (Å²) < 4.78 is 10.8. The molecule has 3 aromatic carbocycles. The molecule has 2 amide bonds. The SMILES string of the molecule is CCOc1ccc(C2=C(Nc3ccc(C)c(C)c3)C(=O)N(c3cccc(OC)c3)C2=O)cc1. The number of carbonyl (C=O) groups is 2. The van der Waals surface area contributed by atoms with Crippen molar-refractivity contribution in [3.05, 3.63) is 89.1 Å². The molecule has 0 aliphatic carbocycles. The molecule has 0 radical (unpaired) electrons. The molecule has 33 heavy (non-hydrogen) atoms. The predicted octanol–water partition coefficient (Wildman–Crippen LogP) is 5.11.